The Labute approximate surface area is 316 Å². The molecule has 7 heteroatoms. The number of pyridine rings is 1. The number of aromatic amines is 2. The van der Waals surface area contributed by atoms with Crippen LogP contribution in [-0.2, 0) is 4.57 Å². The molecule has 4 nitrogen and oxygen atoms in total. The summed E-state index contributed by atoms with van der Waals surface area (Å²) in [6.45, 7) is 0. The number of thiophene rings is 2. The molecule has 0 aliphatic carbocycles. The predicted molar refractivity (Wildman–Crippen MR) is 234 cm³/mol. The van der Waals surface area contributed by atoms with Crippen LogP contribution in [0.1, 0.15) is 0 Å². The minimum atomic E-state index is -3.62. The van der Waals surface area contributed by atoms with Crippen LogP contribution in [-0.4, -0.2) is 15.0 Å². The molecule has 54 heavy (non-hydrogen) atoms. The smallest absolute Gasteiger partial charge is 0.189 e. The maximum absolute atomic E-state index is 16.9. The molecule has 7 aromatic carbocycles. The van der Waals surface area contributed by atoms with Crippen LogP contribution in [0.3, 0.4) is 0 Å². The standard InChI is InChI=1S/C47H28N3OPS2/c51-52(27-11-2-1-3-12-27,36-19-9-21-38-42(36)44-40(54-38)25-23-32-29-14-5-7-18-35(29)50-46(32)44)47-33(16-10-26-48-47)30-15-8-20-37-41(30)43-39(53-37)24-22-31-28-13-4-6-17-34(28)49-45(31)43/h1-26,49-50H. The molecule has 0 bridgehead atoms. The molecule has 12 rings (SSSR count). The van der Waals surface area contributed by atoms with Gasteiger partial charge < -0.3 is 14.5 Å². The van der Waals surface area contributed by atoms with Crippen LogP contribution in [0.2, 0.25) is 0 Å². The van der Waals surface area contributed by atoms with Gasteiger partial charge >= 0.3 is 0 Å². The molecule has 1 unspecified atom stereocenters. The predicted octanol–water partition coefficient (Wildman–Crippen LogP) is 12.4. The van der Waals surface area contributed by atoms with Crippen molar-refractivity contribution in [2.45, 2.75) is 0 Å². The Balaban J connectivity index is 1.20. The van der Waals surface area contributed by atoms with E-state index >= 15 is 4.57 Å². The molecule has 0 aliphatic rings. The first kappa shape index (κ1) is 30.4. The summed E-state index contributed by atoms with van der Waals surface area (Å²) in [7, 11) is -3.62. The van der Waals surface area contributed by atoms with E-state index in [1.54, 1.807) is 28.9 Å². The van der Waals surface area contributed by atoms with Crippen LogP contribution in [0.25, 0.3) is 95.1 Å². The van der Waals surface area contributed by atoms with Gasteiger partial charge in [0, 0.05) is 95.3 Å². The normalized spacial score (nSPS) is 13.4. The summed E-state index contributed by atoms with van der Waals surface area (Å²) in [5.74, 6) is 0. The minimum Gasteiger partial charge on any atom is -0.354 e. The topological polar surface area (TPSA) is 61.5 Å². The summed E-state index contributed by atoms with van der Waals surface area (Å²) in [4.78, 5) is 12.7. The lowest BCUT2D eigenvalue weighted by Crippen LogP contribution is -2.28. The number of fused-ring (bicyclic) bond motifs is 14. The summed E-state index contributed by atoms with van der Waals surface area (Å²) in [5.41, 5.74) is 6.93. The van der Waals surface area contributed by atoms with Gasteiger partial charge in [0.1, 0.15) is 5.44 Å². The highest BCUT2D eigenvalue weighted by molar-refractivity contribution is 7.85. The summed E-state index contributed by atoms with van der Waals surface area (Å²) in [5, 5.41) is 10.8. The number of benzene rings is 7. The highest BCUT2D eigenvalue weighted by atomic mass is 32.1. The molecule has 0 radical (unpaired) electrons. The molecule has 0 saturated heterocycles. The number of rotatable bonds is 4. The highest BCUT2D eigenvalue weighted by Gasteiger charge is 2.37. The Morgan fingerprint density at radius 3 is 1.69 bits per heavy atom. The molecular weight excluding hydrogens is 718 g/mol. The van der Waals surface area contributed by atoms with Crippen molar-refractivity contribution in [2.24, 2.45) is 0 Å². The van der Waals surface area contributed by atoms with E-state index in [0.29, 0.717) is 5.44 Å². The molecule has 2 N–H and O–H groups in total. The average molecular weight is 746 g/mol. The third kappa shape index (κ3) is 4.08. The van der Waals surface area contributed by atoms with Gasteiger partial charge in [-0.1, -0.05) is 109 Å². The second-order valence-corrected chi connectivity index (χ2v) is 18.7. The minimum absolute atomic E-state index is 0.600. The van der Waals surface area contributed by atoms with Crippen molar-refractivity contribution < 1.29 is 4.57 Å². The molecule has 12 aromatic rings. The van der Waals surface area contributed by atoms with Crippen molar-refractivity contribution >= 4 is 130 Å². The fourth-order valence-electron chi connectivity index (χ4n) is 8.79. The van der Waals surface area contributed by atoms with Gasteiger partial charge in [0.05, 0.1) is 11.0 Å². The lowest BCUT2D eigenvalue weighted by molar-refractivity contribution is 0.592. The van der Waals surface area contributed by atoms with Gasteiger partial charge in [0.2, 0.25) is 0 Å². The first-order valence-electron chi connectivity index (χ1n) is 18.0. The molecule has 1 atom stereocenters. The Hall–Kier alpha value is -6.04. The van der Waals surface area contributed by atoms with Crippen molar-refractivity contribution in [3.05, 3.63) is 158 Å². The second kappa shape index (κ2) is 11.2. The Kier molecular flexibility index (Phi) is 6.33. The maximum atomic E-state index is 16.9. The zero-order valence-corrected chi connectivity index (χ0v) is 31.2. The first-order valence-corrected chi connectivity index (χ1v) is 21.3. The maximum Gasteiger partial charge on any atom is 0.189 e. The number of H-pyrrole nitrogens is 2. The molecule has 5 heterocycles. The molecule has 0 amide bonds. The third-order valence-electron chi connectivity index (χ3n) is 11.1. The van der Waals surface area contributed by atoms with Crippen LogP contribution in [0.4, 0.5) is 0 Å². The molecule has 0 fully saturated rings. The van der Waals surface area contributed by atoms with Crippen molar-refractivity contribution in [2.75, 3.05) is 0 Å². The van der Waals surface area contributed by atoms with Crippen LogP contribution in [0.5, 0.6) is 0 Å². The second-order valence-electron chi connectivity index (χ2n) is 13.9. The third-order valence-corrected chi connectivity index (χ3v) is 16.4. The average Bonchev–Trinajstić information content (AvgIpc) is 4.00. The van der Waals surface area contributed by atoms with Crippen LogP contribution >= 0.6 is 29.8 Å². The van der Waals surface area contributed by atoms with Crippen molar-refractivity contribution in [3.63, 3.8) is 0 Å². The number of nitrogens with zero attached hydrogens (tertiary/aromatic N) is 1. The van der Waals surface area contributed by atoms with E-state index in [2.05, 4.69) is 125 Å². The number of hydrogen-bond donors (Lipinski definition) is 2. The van der Waals surface area contributed by atoms with E-state index in [1.807, 2.05) is 36.4 Å². The SMILES string of the molecule is O=P(c1ccccc1)(c1ncccc1-c1cccc2sc3ccc4c5ccccc5[nH]c4c3c12)c1cccc2sc3ccc4c5ccccc5[nH]c4c3c12. The number of nitrogens with one attached hydrogen (secondary N) is 2. The Bertz CT molecular complexity index is 3550. The van der Waals surface area contributed by atoms with Crippen molar-refractivity contribution in [3.8, 4) is 11.1 Å². The van der Waals surface area contributed by atoms with Gasteiger partial charge in [-0.3, -0.25) is 4.98 Å². The number of para-hydroxylation sites is 2. The lowest BCUT2D eigenvalue weighted by atomic mass is 9.99. The van der Waals surface area contributed by atoms with E-state index in [0.717, 1.165) is 69.4 Å². The van der Waals surface area contributed by atoms with E-state index in [9.17, 15) is 0 Å². The van der Waals surface area contributed by atoms with E-state index in [4.69, 9.17) is 4.98 Å². The highest BCUT2D eigenvalue weighted by Crippen LogP contribution is 2.51. The van der Waals surface area contributed by atoms with Crippen molar-refractivity contribution in [1.29, 1.82) is 0 Å². The molecule has 0 saturated carbocycles. The summed E-state index contributed by atoms with van der Waals surface area (Å²) < 4.78 is 21.5. The van der Waals surface area contributed by atoms with Gasteiger partial charge in [-0.2, -0.15) is 0 Å². The van der Waals surface area contributed by atoms with E-state index in [1.165, 1.54) is 36.3 Å². The van der Waals surface area contributed by atoms with Gasteiger partial charge in [0.15, 0.2) is 7.14 Å². The van der Waals surface area contributed by atoms with Gasteiger partial charge in [0.25, 0.3) is 0 Å². The van der Waals surface area contributed by atoms with E-state index in [-0.39, 0.29) is 0 Å². The summed E-state index contributed by atoms with van der Waals surface area (Å²) >= 11 is 3.55. The van der Waals surface area contributed by atoms with Crippen molar-refractivity contribution in [1.82, 2.24) is 15.0 Å². The van der Waals surface area contributed by atoms with Crippen LogP contribution < -0.4 is 16.0 Å². The lowest BCUT2D eigenvalue weighted by Gasteiger charge is -2.23. The summed E-state index contributed by atoms with van der Waals surface area (Å²) in [6.07, 6.45) is 1.80. The molecular formula is C47H28N3OPS2. The largest absolute Gasteiger partial charge is 0.354 e. The monoisotopic (exact) mass is 745 g/mol. The first-order chi connectivity index (χ1) is 26.7. The molecule has 0 aliphatic heterocycles. The fraction of sp³-hybridized carbons (Fsp3) is 0. The molecule has 0 spiro atoms. The van der Waals surface area contributed by atoms with Crippen LogP contribution in [0.15, 0.2) is 158 Å². The van der Waals surface area contributed by atoms with Gasteiger partial charge in [-0.15, -0.1) is 22.7 Å². The van der Waals surface area contributed by atoms with E-state index < -0.39 is 7.14 Å². The zero-order chi connectivity index (χ0) is 35.5. The summed E-state index contributed by atoms with van der Waals surface area (Å²) in [6, 6.07) is 52.8. The zero-order valence-electron chi connectivity index (χ0n) is 28.6. The number of hydrogen-bond acceptors (Lipinski definition) is 4. The van der Waals surface area contributed by atoms with Crippen LogP contribution in [0, 0.1) is 0 Å². The molecule has 5 aromatic heterocycles. The van der Waals surface area contributed by atoms with Gasteiger partial charge in [-0.05, 0) is 48.0 Å². The Morgan fingerprint density at radius 1 is 0.444 bits per heavy atom. The Morgan fingerprint density at radius 2 is 1.00 bits per heavy atom. The molecule has 254 valence electrons. The van der Waals surface area contributed by atoms with Gasteiger partial charge in [-0.25, -0.2) is 0 Å². The number of aromatic nitrogens is 3. The fourth-order valence-corrected chi connectivity index (χ4v) is 14.1. The quantitative estimate of drug-likeness (QED) is 0.176.